The van der Waals surface area contributed by atoms with Crippen molar-refractivity contribution in [2.75, 3.05) is 26.3 Å². The number of ether oxygens (including phenoxy) is 1. The van der Waals surface area contributed by atoms with Crippen molar-refractivity contribution in [1.82, 2.24) is 4.90 Å². The van der Waals surface area contributed by atoms with Crippen LogP contribution in [-0.2, 0) is 10.9 Å². The topological polar surface area (TPSA) is 29.5 Å². The number of rotatable bonds is 2. The number of benzene rings is 2. The van der Waals surface area contributed by atoms with Crippen LogP contribution in [0.2, 0.25) is 0 Å². The first-order chi connectivity index (χ1) is 11.5. The average Bonchev–Trinajstić information content (AvgIpc) is 2.61. The molecule has 0 unspecified atom stereocenters. The average molecular weight is 335 g/mol. The molecule has 1 aliphatic rings. The van der Waals surface area contributed by atoms with E-state index in [-0.39, 0.29) is 11.1 Å². The summed E-state index contributed by atoms with van der Waals surface area (Å²) < 4.78 is 45.6. The van der Waals surface area contributed by atoms with Gasteiger partial charge in [0, 0.05) is 24.2 Å². The molecule has 1 saturated heterocycles. The Labute approximate surface area is 137 Å². The first kappa shape index (κ1) is 16.5. The fourth-order valence-corrected chi connectivity index (χ4v) is 2.82. The Bertz CT molecular complexity index is 723. The molecule has 0 radical (unpaired) electrons. The van der Waals surface area contributed by atoms with E-state index in [0.29, 0.717) is 31.9 Å². The number of carbonyl (C=O) groups is 1. The maximum atomic E-state index is 13.5. The van der Waals surface area contributed by atoms with Crippen LogP contribution in [0.4, 0.5) is 13.2 Å². The summed E-state index contributed by atoms with van der Waals surface area (Å²) >= 11 is 0. The summed E-state index contributed by atoms with van der Waals surface area (Å²) in [6.45, 7) is 1.55. The summed E-state index contributed by atoms with van der Waals surface area (Å²) in [5.74, 6) is -0.400. The largest absolute Gasteiger partial charge is 0.417 e. The molecule has 2 aromatic rings. The quantitative estimate of drug-likeness (QED) is 0.834. The summed E-state index contributed by atoms with van der Waals surface area (Å²) in [5.41, 5.74) is -0.421. The Hall–Kier alpha value is -2.34. The molecule has 0 aromatic heterocycles. The Morgan fingerprint density at radius 1 is 0.958 bits per heavy atom. The van der Waals surface area contributed by atoms with Crippen LogP contribution in [-0.4, -0.2) is 37.1 Å². The highest BCUT2D eigenvalue weighted by Crippen LogP contribution is 2.39. The third-order valence-electron chi connectivity index (χ3n) is 3.96. The lowest BCUT2D eigenvalue weighted by Gasteiger charge is -2.28. The summed E-state index contributed by atoms with van der Waals surface area (Å²) in [6, 6.07) is 12.0. The van der Waals surface area contributed by atoms with E-state index >= 15 is 0 Å². The third kappa shape index (κ3) is 3.28. The zero-order chi connectivity index (χ0) is 17.2. The van der Waals surface area contributed by atoms with Crippen LogP contribution in [0.1, 0.15) is 15.9 Å². The molecular formula is C18H16F3NO2. The van der Waals surface area contributed by atoms with Gasteiger partial charge in [-0.3, -0.25) is 4.79 Å². The van der Waals surface area contributed by atoms with Crippen LogP contribution in [0.3, 0.4) is 0 Å². The van der Waals surface area contributed by atoms with Crippen molar-refractivity contribution in [2.45, 2.75) is 6.18 Å². The Balaban J connectivity index is 2.13. The molecule has 126 valence electrons. The van der Waals surface area contributed by atoms with Gasteiger partial charge in [-0.1, -0.05) is 36.4 Å². The van der Waals surface area contributed by atoms with Crippen molar-refractivity contribution in [3.8, 4) is 11.1 Å². The molecule has 3 nitrogen and oxygen atoms in total. The maximum Gasteiger partial charge on any atom is 0.417 e. The number of morpholine rings is 1. The van der Waals surface area contributed by atoms with Gasteiger partial charge < -0.3 is 9.64 Å². The van der Waals surface area contributed by atoms with Crippen LogP contribution in [0.25, 0.3) is 11.1 Å². The van der Waals surface area contributed by atoms with Gasteiger partial charge in [0.15, 0.2) is 0 Å². The highest BCUT2D eigenvalue weighted by atomic mass is 19.4. The van der Waals surface area contributed by atoms with E-state index in [9.17, 15) is 18.0 Å². The predicted octanol–water partition coefficient (Wildman–Crippen LogP) is 3.84. The van der Waals surface area contributed by atoms with E-state index in [2.05, 4.69) is 0 Å². The Kier molecular flexibility index (Phi) is 4.57. The summed E-state index contributed by atoms with van der Waals surface area (Å²) in [4.78, 5) is 14.3. The van der Waals surface area contributed by atoms with Gasteiger partial charge in [-0.05, 0) is 17.7 Å². The summed E-state index contributed by atoms with van der Waals surface area (Å²) in [6.07, 6.45) is -4.54. The van der Waals surface area contributed by atoms with Crippen molar-refractivity contribution < 1.29 is 22.7 Å². The minimum absolute atomic E-state index is 0.0675. The van der Waals surface area contributed by atoms with Gasteiger partial charge in [-0.25, -0.2) is 0 Å². The minimum atomic E-state index is -4.54. The van der Waals surface area contributed by atoms with Gasteiger partial charge in [0.25, 0.3) is 5.91 Å². The van der Waals surface area contributed by atoms with Gasteiger partial charge in [0.2, 0.25) is 0 Å². The minimum Gasteiger partial charge on any atom is -0.378 e. The first-order valence-electron chi connectivity index (χ1n) is 7.61. The standard InChI is InChI=1S/C18H16F3NO2/c19-18(20,21)15-8-4-7-14(16(15)13-5-2-1-3-6-13)17(23)22-9-11-24-12-10-22/h1-8H,9-12H2. The number of nitrogens with zero attached hydrogens (tertiary/aromatic N) is 1. The molecule has 0 N–H and O–H groups in total. The van der Waals surface area contributed by atoms with Gasteiger partial charge in [-0.15, -0.1) is 0 Å². The number of hydrogen-bond acceptors (Lipinski definition) is 2. The van der Waals surface area contributed by atoms with Crippen molar-refractivity contribution in [2.24, 2.45) is 0 Å². The van der Waals surface area contributed by atoms with Crippen LogP contribution in [0.5, 0.6) is 0 Å². The SMILES string of the molecule is O=C(c1cccc(C(F)(F)F)c1-c1ccccc1)N1CCOCC1. The van der Waals surface area contributed by atoms with Gasteiger partial charge in [0.1, 0.15) is 0 Å². The van der Waals surface area contributed by atoms with E-state index < -0.39 is 17.6 Å². The number of halogens is 3. The molecule has 0 bridgehead atoms. The lowest BCUT2D eigenvalue weighted by molar-refractivity contribution is -0.137. The summed E-state index contributed by atoms with van der Waals surface area (Å²) in [5, 5.41) is 0. The van der Waals surface area contributed by atoms with E-state index in [4.69, 9.17) is 4.74 Å². The molecule has 1 amide bonds. The van der Waals surface area contributed by atoms with Gasteiger partial charge in [0.05, 0.1) is 18.8 Å². The van der Waals surface area contributed by atoms with Gasteiger partial charge in [-0.2, -0.15) is 13.2 Å². The normalized spacial score (nSPS) is 15.4. The molecule has 3 rings (SSSR count). The second kappa shape index (κ2) is 6.65. The number of alkyl halides is 3. The molecular weight excluding hydrogens is 319 g/mol. The van der Waals surface area contributed by atoms with Crippen molar-refractivity contribution in [1.29, 1.82) is 0 Å². The van der Waals surface area contributed by atoms with Crippen LogP contribution in [0.15, 0.2) is 48.5 Å². The lowest BCUT2D eigenvalue weighted by atomic mass is 9.93. The first-order valence-corrected chi connectivity index (χ1v) is 7.61. The number of amides is 1. The number of hydrogen-bond donors (Lipinski definition) is 0. The van der Waals surface area contributed by atoms with Crippen molar-refractivity contribution in [3.63, 3.8) is 0 Å². The van der Waals surface area contributed by atoms with Crippen LogP contribution < -0.4 is 0 Å². The van der Waals surface area contributed by atoms with E-state index in [1.807, 2.05) is 0 Å². The summed E-state index contributed by atoms with van der Waals surface area (Å²) in [7, 11) is 0. The maximum absolute atomic E-state index is 13.5. The molecule has 0 spiro atoms. The van der Waals surface area contributed by atoms with Crippen LogP contribution >= 0.6 is 0 Å². The van der Waals surface area contributed by atoms with E-state index in [1.165, 1.54) is 17.0 Å². The highest BCUT2D eigenvalue weighted by Gasteiger charge is 2.36. The molecule has 1 heterocycles. The molecule has 2 aromatic carbocycles. The second-order valence-electron chi connectivity index (χ2n) is 5.50. The van der Waals surface area contributed by atoms with Crippen LogP contribution in [0, 0.1) is 0 Å². The van der Waals surface area contributed by atoms with Crippen molar-refractivity contribution >= 4 is 5.91 Å². The molecule has 0 saturated carbocycles. The Morgan fingerprint density at radius 2 is 1.62 bits per heavy atom. The molecule has 0 aliphatic carbocycles. The fraction of sp³-hybridized carbons (Fsp3) is 0.278. The second-order valence-corrected chi connectivity index (χ2v) is 5.50. The van der Waals surface area contributed by atoms with Gasteiger partial charge >= 0.3 is 6.18 Å². The highest BCUT2D eigenvalue weighted by molar-refractivity contribution is 6.01. The Morgan fingerprint density at radius 3 is 2.25 bits per heavy atom. The molecule has 1 aliphatic heterocycles. The number of carbonyl (C=O) groups excluding carboxylic acids is 1. The molecule has 0 atom stereocenters. The monoisotopic (exact) mass is 335 g/mol. The smallest absolute Gasteiger partial charge is 0.378 e. The molecule has 1 fully saturated rings. The zero-order valence-corrected chi connectivity index (χ0v) is 12.8. The lowest BCUT2D eigenvalue weighted by Crippen LogP contribution is -2.41. The predicted molar refractivity (Wildman–Crippen MR) is 83.6 cm³/mol. The molecule has 6 heteroatoms. The molecule has 24 heavy (non-hydrogen) atoms. The fourth-order valence-electron chi connectivity index (χ4n) is 2.82. The van der Waals surface area contributed by atoms with E-state index in [1.54, 1.807) is 30.3 Å². The van der Waals surface area contributed by atoms with E-state index in [0.717, 1.165) is 6.07 Å². The zero-order valence-electron chi connectivity index (χ0n) is 12.8. The third-order valence-corrected chi connectivity index (χ3v) is 3.96. The van der Waals surface area contributed by atoms with Crippen molar-refractivity contribution in [3.05, 3.63) is 59.7 Å².